The van der Waals surface area contributed by atoms with Gasteiger partial charge < -0.3 is 14.9 Å². The number of aromatic hydroxyl groups is 1. The van der Waals surface area contributed by atoms with Crippen molar-refractivity contribution in [2.75, 3.05) is 13.7 Å². The molecule has 0 bridgehead atoms. The Morgan fingerprint density at radius 2 is 1.95 bits per heavy atom. The van der Waals surface area contributed by atoms with Crippen LogP contribution in [0.5, 0.6) is 11.5 Å². The molecule has 38 heavy (non-hydrogen) atoms. The number of nitrogens with zero attached hydrogens (tertiary/aromatic N) is 1. The number of rotatable bonds is 6. The van der Waals surface area contributed by atoms with E-state index in [0.717, 1.165) is 10.5 Å². The van der Waals surface area contributed by atoms with Gasteiger partial charge in [-0.1, -0.05) is 29.9 Å². The van der Waals surface area contributed by atoms with E-state index < -0.39 is 41.5 Å². The molecule has 4 unspecified atom stereocenters. The lowest BCUT2D eigenvalue weighted by Gasteiger charge is -2.41. The Morgan fingerprint density at radius 3 is 2.66 bits per heavy atom. The summed E-state index contributed by atoms with van der Waals surface area (Å²) in [5, 5.41) is 19.0. The van der Waals surface area contributed by atoms with Gasteiger partial charge in [-0.2, -0.15) is 0 Å². The number of halogens is 1. The zero-order valence-corrected chi connectivity index (χ0v) is 21.9. The van der Waals surface area contributed by atoms with Gasteiger partial charge >= 0.3 is 5.97 Å². The van der Waals surface area contributed by atoms with E-state index in [9.17, 15) is 29.1 Å². The van der Waals surface area contributed by atoms with E-state index in [1.54, 1.807) is 24.3 Å². The smallest absolute Gasteiger partial charge is 0.305 e. The Hall–Kier alpha value is -3.79. The monoisotopic (exact) mass is 581 g/mol. The van der Waals surface area contributed by atoms with Crippen LogP contribution < -0.4 is 4.74 Å². The van der Waals surface area contributed by atoms with Crippen molar-refractivity contribution >= 4 is 51.4 Å². The van der Waals surface area contributed by atoms with E-state index in [4.69, 9.17) is 9.84 Å². The first kappa shape index (κ1) is 25.8. The van der Waals surface area contributed by atoms with Crippen LogP contribution in [0.1, 0.15) is 24.8 Å². The number of aliphatic carboxylic acids is 1. The lowest BCUT2D eigenvalue weighted by atomic mass is 9.61. The van der Waals surface area contributed by atoms with Gasteiger partial charge in [-0.15, -0.1) is 0 Å². The standard InChI is InChI=1S/C28H24BrNO8/c1-38-22-10-13(3-7-20(22)31)2-4-15-14-5-6-16-25(28(37)30(27(16)36)9-8-23(33)34)17(14)11-18-24(15)21(32)12-19(29)26(18)35/h2-5,7,10,12,15-17,25,31H,6,8-9,11H2,1H3,(H,33,34). The number of phenols is 1. The minimum atomic E-state index is -1.11. The number of imide groups is 1. The molecule has 1 aromatic carbocycles. The molecule has 4 atom stereocenters. The van der Waals surface area contributed by atoms with E-state index in [1.165, 1.54) is 19.3 Å². The first-order chi connectivity index (χ1) is 18.1. The zero-order valence-electron chi connectivity index (χ0n) is 20.3. The summed E-state index contributed by atoms with van der Waals surface area (Å²) in [6.07, 6.45) is 6.78. The van der Waals surface area contributed by atoms with Crippen molar-refractivity contribution in [1.29, 1.82) is 0 Å². The summed E-state index contributed by atoms with van der Waals surface area (Å²) in [6.45, 7) is -0.201. The molecule has 1 fully saturated rings. The zero-order chi connectivity index (χ0) is 27.3. The molecule has 1 heterocycles. The van der Waals surface area contributed by atoms with E-state index in [0.29, 0.717) is 16.7 Å². The summed E-state index contributed by atoms with van der Waals surface area (Å²) < 4.78 is 5.32. The number of methoxy groups -OCH3 is 1. The summed E-state index contributed by atoms with van der Waals surface area (Å²) in [5.74, 6) is -4.77. The highest BCUT2D eigenvalue weighted by Crippen LogP contribution is 2.52. The average Bonchev–Trinajstić information content (AvgIpc) is 3.13. The average molecular weight is 582 g/mol. The maximum atomic E-state index is 13.4. The molecule has 0 saturated carbocycles. The number of hydrogen-bond donors (Lipinski definition) is 2. The van der Waals surface area contributed by atoms with Crippen molar-refractivity contribution in [2.24, 2.45) is 23.7 Å². The van der Waals surface area contributed by atoms with E-state index in [2.05, 4.69) is 15.9 Å². The number of hydrogen-bond acceptors (Lipinski definition) is 7. The van der Waals surface area contributed by atoms with Crippen LogP contribution in [0.4, 0.5) is 0 Å². The van der Waals surface area contributed by atoms with Crippen molar-refractivity contribution in [2.45, 2.75) is 19.3 Å². The van der Waals surface area contributed by atoms with Crippen LogP contribution in [0, 0.1) is 23.7 Å². The minimum absolute atomic E-state index is 0.0201. The highest BCUT2D eigenvalue weighted by molar-refractivity contribution is 9.12. The van der Waals surface area contributed by atoms with Gasteiger partial charge in [0, 0.05) is 29.7 Å². The van der Waals surface area contributed by atoms with E-state index in [-0.39, 0.29) is 53.4 Å². The Morgan fingerprint density at radius 1 is 1.18 bits per heavy atom. The number of carboxylic acids is 1. The number of ketones is 2. The molecule has 4 aliphatic rings. The molecule has 10 heteroatoms. The van der Waals surface area contributed by atoms with E-state index in [1.807, 2.05) is 6.08 Å². The predicted molar refractivity (Wildman–Crippen MR) is 138 cm³/mol. The first-order valence-corrected chi connectivity index (χ1v) is 12.9. The van der Waals surface area contributed by atoms with Crippen LogP contribution >= 0.6 is 15.9 Å². The van der Waals surface area contributed by atoms with Gasteiger partial charge in [0.25, 0.3) is 0 Å². The molecule has 9 nitrogen and oxygen atoms in total. The van der Waals surface area contributed by atoms with Crippen LogP contribution in [0.15, 0.2) is 57.6 Å². The molecular weight excluding hydrogens is 558 g/mol. The number of Topliss-reactive ketones (excluding diaryl/α,β-unsaturated/α-hetero) is 1. The van der Waals surface area contributed by atoms with Gasteiger partial charge in [0.05, 0.1) is 29.8 Å². The Balaban J connectivity index is 1.56. The molecular formula is C28H24BrNO8. The van der Waals surface area contributed by atoms with Crippen molar-refractivity contribution < 1.29 is 38.9 Å². The predicted octanol–water partition coefficient (Wildman–Crippen LogP) is 3.18. The Labute approximate surface area is 226 Å². The molecule has 3 aliphatic carbocycles. The van der Waals surface area contributed by atoms with Crippen LogP contribution in [0.25, 0.3) is 6.08 Å². The number of likely N-dealkylation sites (tertiary alicyclic amines) is 1. The molecule has 0 radical (unpaired) electrons. The van der Waals surface area contributed by atoms with Crippen LogP contribution in [-0.2, 0) is 24.0 Å². The molecule has 1 aromatic rings. The summed E-state index contributed by atoms with van der Waals surface area (Å²) in [6, 6.07) is 4.80. The van der Waals surface area contributed by atoms with Gasteiger partial charge in [-0.25, -0.2) is 0 Å². The van der Waals surface area contributed by atoms with Gasteiger partial charge in [0.2, 0.25) is 11.8 Å². The topological polar surface area (TPSA) is 138 Å². The molecule has 0 aromatic heterocycles. The summed E-state index contributed by atoms with van der Waals surface area (Å²) >= 11 is 3.19. The summed E-state index contributed by atoms with van der Waals surface area (Å²) in [4.78, 5) is 64.9. The van der Waals surface area contributed by atoms with E-state index >= 15 is 0 Å². The van der Waals surface area contributed by atoms with Gasteiger partial charge in [-0.3, -0.25) is 28.9 Å². The number of fused-ring (bicyclic) bond motifs is 3. The first-order valence-electron chi connectivity index (χ1n) is 12.1. The molecule has 0 spiro atoms. The third-order valence-electron chi connectivity index (χ3n) is 7.70. The maximum Gasteiger partial charge on any atom is 0.305 e. The number of carbonyl (C=O) groups excluding carboxylic acids is 4. The molecule has 2 amide bonds. The Bertz CT molecular complexity index is 1420. The maximum absolute atomic E-state index is 13.4. The molecule has 5 rings (SSSR count). The normalized spacial score (nSPS) is 26.7. The third kappa shape index (κ3) is 4.22. The van der Waals surface area contributed by atoms with Crippen molar-refractivity contribution in [1.82, 2.24) is 4.90 Å². The molecule has 2 N–H and O–H groups in total. The number of phenolic OH excluding ortho intramolecular Hbond substituents is 1. The van der Waals surface area contributed by atoms with Crippen molar-refractivity contribution in [3.05, 3.63) is 63.2 Å². The summed E-state index contributed by atoms with van der Waals surface area (Å²) in [7, 11) is 1.44. The van der Waals surface area contributed by atoms with Gasteiger partial charge in [0.15, 0.2) is 23.1 Å². The highest BCUT2D eigenvalue weighted by Gasteiger charge is 2.55. The number of ether oxygens (including phenoxy) is 1. The van der Waals surface area contributed by atoms with Crippen molar-refractivity contribution in [3.63, 3.8) is 0 Å². The second-order valence-electron chi connectivity index (χ2n) is 9.70. The lowest BCUT2D eigenvalue weighted by molar-refractivity contribution is -0.142. The number of carboxylic acid groups (broad SMARTS) is 1. The second-order valence-corrected chi connectivity index (χ2v) is 10.6. The third-order valence-corrected chi connectivity index (χ3v) is 8.29. The second kappa shape index (κ2) is 9.83. The minimum Gasteiger partial charge on any atom is -0.504 e. The lowest BCUT2D eigenvalue weighted by Crippen LogP contribution is -2.40. The van der Waals surface area contributed by atoms with Gasteiger partial charge in [-0.05, 0) is 52.4 Å². The van der Waals surface area contributed by atoms with Crippen LogP contribution in [-0.4, -0.2) is 58.1 Å². The highest BCUT2D eigenvalue weighted by atomic mass is 79.9. The fraction of sp³-hybridized carbons (Fsp3) is 0.321. The Kier molecular flexibility index (Phi) is 6.68. The largest absolute Gasteiger partial charge is 0.504 e. The SMILES string of the molecule is COc1cc(C=CC2C3=CCC4C(=O)N(CCC(=O)O)C(=O)C4C3CC3=C2C(=O)C=C(Br)C3=O)ccc1O. The fourth-order valence-electron chi connectivity index (χ4n) is 5.98. The molecule has 196 valence electrons. The summed E-state index contributed by atoms with van der Waals surface area (Å²) in [5.41, 5.74) is 2.15. The number of benzene rings is 1. The molecule has 1 saturated heterocycles. The van der Waals surface area contributed by atoms with Crippen molar-refractivity contribution in [3.8, 4) is 11.5 Å². The number of amides is 2. The van der Waals surface area contributed by atoms with Crippen LogP contribution in [0.3, 0.4) is 0 Å². The number of carbonyl (C=O) groups is 5. The quantitative estimate of drug-likeness (QED) is 0.297. The van der Waals surface area contributed by atoms with Gasteiger partial charge in [0.1, 0.15) is 0 Å². The molecule has 1 aliphatic heterocycles. The fourth-order valence-corrected chi connectivity index (χ4v) is 6.43. The number of allylic oxidation sites excluding steroid dienone is 7. The van der Waals surface area contributed by atoms with Crippen LogP contribution in [0.2, 0.25) is 0 Å².